The molecule has 0 spiro atoms. The molecule has 0 heterocycles. The number of esters is 1. The number of hydrogen-bond donors (Lipinski definition) is 1. The van der Waals surface area contributed by atoms with Gasteiger partial charge in [0.15, 0.2) is 6.61 Å². The van der Waals surface area contributed by atoms with Gasteiger partial charge in [-0.05, 0) is 42.8 Å². The van der Waals surface area contributed by atoms with E-state index in [0.29, 0.717) is 22.1 Å². The van der Waals surface area contributed by atoms with Crippen molar-refractivity contribution in [1.82, 2.24) is 5.32 Å². The van der Waals surface area contributed by atoms with Crippen LogP contribution < -0.4 is 14.8 Å². The molecule has 0 bridgehead atoms. The molecule has 0 aliphatic rings. The Balaban J connectivity index is 1.86. The van der Waals surface area contributed by atoms with Crippen molar-refractivity contribution in [2.24, 2.45) is 0 Å². The van der Waals surface area contributed by atoms with Crippen molar-refractivity contribution in [1.29, 1.82) is 0 Å². The number of methoxy groups -OCH3 is 2. The normalized spacial score (nSPS) is 11.7. The molecule has 2 aromatic rings. The van der Waals surface area contributed by atoms with Gasteiger partial charge in [0.2, 0.25) is 0 Å². The number of rotatable bonds is 8. The minimum atomic E-state index is -0.636. The molecule has 2 aromatic carbocycles. The maximum Gasteiger partial charge on any atom is 0.331 e. The molecule has 0 radical (unpaired) electrons. The van der Waals surface area contributed by atoms with Crippen LogP contribution in [0.15, 0.2) is 48.5 Å². The predicted molar refractivity (Wildman–Crippen MR) is 108 cm³/mol. The molecule has 148 valence electrons. The largest absolute Gasteiger partial charge is 0.497 e. The van der Waals surface area contributed by atoms with Crippen LogP contribution in [0.1, 0.15) is 24.1 Å². The molecule has 0 fully saturated rings. The Kier molecular flexibility index (Phi) is 7.89. The van der Waals surface area contributed by atoms with Crippen molar-refractivity contribution in [3.05, 3.63) is 64.7 Å². The van der Waals surface area contributed by atoms with Crippen LogP contribution in [0.4, 0.5) is 0 Å². The molecule has 0 aliphatic heterocycles. The van der Waals surface area contributed by atoms with Gasteiger partial charge in [0.1, 0.15) is 11.5 Å². The molecule has 0 aliphatic carbocycles. The number of nitrogens with one attached hydrogen (secondary N) is 1. The number of amides is 1. The highest BCUT2D eigenvalue weighted by molar-refractivity contribution is 6.30. The van der Waals surface area contributed by atoms with Crippen LogP contribution >= 0.6 is 11.6 Å². The highest BCUT2D eigenvalue weighted by atomic mass is 35.5. The summed E-state index contributed by atoms with van der Waals surface area (Å²) in [6, 6.07) is 12.1. The molecule has 7 heteroatoms. The van der Waals surface area contributed by atoms with Crippen molar-refractivity contribution < 1.29 is 23.8 Å². The van der Waals surface area contributed by atoms with Gasteiger partial charge in [0.05, 0.1) is 20.3 Å². The van der Waals surface area contributed by atoms with Crippen LogP contribution in [0.2, 0.25) is 5.02 Å². The van der Waals surface area contributed by atoms with Gasteiger partial charge in [-0.25, -0.2) is 4.79 Å². The van der Waals surface area contributed by atoms with E-state index in [2.05, 4.69) is 5.32 Å². The molecular weight excluding hydrogens is 382 g/mol. The van der Waals surface area contributed by atoms with Gasteiger partial charge >= 0.3 is 5.97 Å². The first-order valence-corrected chi connectivity index (χ1v) is 8.92. The molecule has 1 atom stereocenters. The molecule has 28 heavy (non-hydrogen) atoms. The number of carbonyl (C=O) groups is 2. The van der Waals surface area contributed by atoms with Gasteiger partial charge in [-0.3, -0.25) is 4.79 Å². The van der Waals surface area contributed by atoms with Gasteiger partial charge in [-0.2, -0.15) is 0 Å². The lowest BCUT2D eigenvalue weighted by Gasteiger charge is -2.14. The molecule has 2 rings (SSSR count). The summed E-state index contributed by atoms with van der Waals surface area (Å²) in [6.07, 6.45) is 2.78. The summed E-state index contributed by atoms with van der Waals surface area (Å²) >= 11 is 5.95. The molecule has 0 saturated carbocycles. The van der Waals surface area contributed by atoms with Crippen LogP contribution in [0, 0.1) is 0 Å². The first kappa shape index (κ1) is 21.3. The van der Waals surface area contributed by atoms with Crippen molar-refractivity contribution in [3.63, 3.8) is 0 Å². The van der Waals surface area contributed by atoms with E-state index in [0.717, 1.165) is 5.56 Å². The summed E-state index contributed by atoms with van der Waals surface area (Å²) in [6.45, 7) is 1.44. The monoisotopic (exact) mass is 403 g/mol. The Labute approximate surface area is 169 Å². The first-order chi connectivity index (χ1) is 13.4. The zero-order valence-electron chi connectivity index (χ0n) is 15.9. The van der Waals surface area contributed by atoms with Crippen molar-refractivity contribution in [3.8, 4) is 11.5 Å². The molecule has 0 saturated heterocycles. The average molecular weight is 404 g/mol. The van der Waals surface area contributed by atoms with Crippen LogP contribution in [-0.4, -0.2) is 32.7 Å². The fraction of sp³-hybridized carbons (Fsp3) is 0.238. The van der Waals surface area contributed by atoms with Crippen molar-refractivity contribution >= 4 is 29.6 Å². The van der Waals surface area contributed by atoms with E-state index < -0.39 is 11.9 Å². The van der Waals surface area contributed by atoms with Crippen LogP contribution in [0.25, 0.3) is 6.08 Å². The Morgan fingerprint density at radius 3 is 2.61 bits per heavy atom. The molecular formula is C21H22ClNO5. The zero-order valence-corrected chi connectivity index (χ0v) is 16.7. The van der Waals surface area contributed by atoms with Crippen LogP contribution in [0.5, 0.6) is 11.5 Å². The fourth-order valence-electron chi connectivity index (χ4n) is 2.44. The lowest BCUT2D eigenvalue weighted by molar-refractivity contribution is -0.144. The fourth-order valence-corrected chi connectivity index (χ4v) is 2.64. The van der Waals surface area contributed by atoms with E-state index in [9.17, 15) is 9.59 Å². The molecule has 1 amide bonds. The van der Waals surface area contributed by atoms with Crippen LogP contribution in [0.3, 0.4) is 0 Å². The van der Waals surface area contributed by atoms with E-state index in [4.69, 9.17) is 25.8 Å². The van der Waals surface area contributed by atoms with E-state index in [1.807, 2.05) is 13.0 Å². The smallest absolute Gasteiger partial charge is 0.331 e. The summed E-state index contributed by atoms with van der Waals surface area (Å²) < 4.78 is 15.4. The summed E-state index contributed by atoms with van der Waals surface area (Å²) in [7, 11) is 3.08. The third-order valence-corrected chi connectivity index (χ3v) is 4.15. The topological polar surface area (TPSA) is 73.9 Å². The van der Waals surface area contributed by atoms with E-state index >= 15 is 0 Å². The van der Waals surface area contributed by atoms with E-state index in [1.165, 1.54) is 13.2 Å². The Morgan fingerprint density at radius 2 is 1.93 bits per heavy atom. The van der Waals surface area contributed by atoms with E-state index in [1.54, 1.807) is 49.6 Å². The summed E-state index contributed by atoms with van der Waals surface area (Å²) in [4.78, 5) is 23.9. The minimum Gasteiger partial charge on any atom is -0.497 e. The molecule has 0 unspecified atom stereocenters. The second kappa shape index (κ2) is 10.4. The maximum atomic E-state index is 12.0. The number of benzene rings is 2. The molecule has 0 aromatic heterocycles. The summed E-state index contributed by atoms with van der Waals surface area (Å²) in [5, 5.41) is 3.34. The standard InChI is InChI=1S/C21H22ClNO5/c1-14(16-5-4-6-17(22)11-16)23-20(24)13-28-21(25)10-8-15-7-9-18(26-2)12-19(15)27-3/h4-12,14H,13H2,1-3H3,(H,23,24)/b10-8+/t14-/m0/s1. The van der Waals surface area contributed by atoms with Gasteiger partial charge in [-0.1, -0.05) is 23.7 Å². The molecule has 6 nitrogen and oxygen atoms in total. The third kappa shape index (κ3) is 6.32. The van der Waals surface area contributed by atoms with Crippen molar-refractivity contribution in [2.75, 3.05) is 20.8 Å². The lowest BCUT2D eigenvalue weighted by atomic mass is 10.1. The SMILES string of the molecule is COc1ccc(/C=C/C(=O)OCC(=O)N[C@@H](C)c2cccc(Cl)c2)c(OC)c1. The maximum absolute atomic E-state index is 12.0. The molecule has 1 N–H and O–H groups in total. The summed E-state index contributed by atoms with van der Waals surface area (Å²) in [5.74, 6) is 0.151. The highest BCUT2D eigenvalue weighted by Crippen LogP contribution is 2.25. The van der Waals surface area contributed by atoms with Crippen molar-refractivity contribution in [2.45, 2.75) is 13.0 Å². The third-order valence-electron chi connectivity index (χ3n) is 3.91. The number of hydrogen-bond acceptors (Lipinski definition) is 5. The summed E-state index contributed by atoms with van der Waals surface area (Å²) in [5.41, 5.74) is 1.54. The first-order valence-electron chi connectivity index (χ1n) is 8.54. The van der Waals surface area contributed by atoms with Gasteiger partial charge < -0.3 is 19.5 Å². The second-order valence-corrected chi connectivity index (χ2v) is 6.33. The highest BCUT2D eigenvalue weighted by Gasteiger charge is 2.11. The number of carbonyl (C=O) groups excluding carboxylic acids is 2. The number of halogens is 1. The minimum absolute atomic E-state index is 0.260. The lowest BCUT2D eigenvalue weighted by Crippen LogP contribution is -2.30. The van der Waals surface area contributed by atoms with Crippen LogP contribution in [-0.2, 0) is 14.3 Å². The zero-order chi connectivity index (χ0) is 20.5. The van der Waals surface area contributed by atoms with Gasteiger partial charge in [-0.15, -0.1) is 0 Å². The quantitative estimate of drug-likeness (QED) is 0.536. The average Bonchev–Trinajstić information content (AvgIpc) is 2.70. The second-order valence-electron chi connectivity index (χ2n) is 5.89. The Hall–Kier alpha value is -2.99. The van der Waals surface area contributed by atoms with Gasteiger partial charge in [0, 0.05) is 22.7 Å². The number of ether oxygens (including phenoxy) is 3. The Morgan fingerprint density at radius 1 is 1.14 bits per heavy atom. The predicted octanol–water partition coefficient (Wildman–Crippen LogP) is 3.79. The Bertz CT molecular complexity index is 866. The van der Waals surface area contributed by atoms with E-state index in [-0.39, 0.29) is 12.6 Å². The van der Waals surface area contributed by atoms with Gasteiger partial charge in [0.25, 0.3) is 5.91 Å².